The highest BCUT2D eigenvalue weighted by Gasteiger charge is 2.12. The van der Waals surface area contributed by atoms with Crippen LogP contribution in [0.4, 0.5) is 10.5 Å². The van der Waals surface area contributed by atoms with E-state index in [-0.39, 0.29) is 11.9 Å². The summed E-state index contributed by atoms with van der Waals surface area (Å²) < 4.78 is 0. The van der Waals surface area contributed by atoms with Crippen LogP contribution in [0.15, 0.2) is 48.8 Å². The monoisotopic (exact) mass is 298 g/mol. The van der Waals surface area contributed by atoms with Crippen molar-refractivity contribution in [2.75, 3.05) is 11.9 Å². The van der Waals surface area contributed by atoms with Crippen molar-refractivity contribution in [3.8, 4) is 0 Å². The lowest BCUT2D eigenvalue weighted by Crippen LogP contribution is -2.30. The highest BCUT2D eigenvalue weighted by molar-refractivity contribution is 6.03. The lowest BCUT2D eigenvalue weighted by atomic mass is 10.1. The average Bonchev–Trinajstić information content (AvgIpc) is 2.54. The van der Waals surface area contributed by atoms with Gasteiger partial charge in [-0.1, -0.05) is 18.2 Å². The molecule has 0 unspecified atom stereocenters. The number of carbonyl (C=O) groups excluding carboxylic acids is 2. The molecule has 6 nitrogen and oxygen atoms in total. The number of amides is 3. The molecule has 0 aliphatic heterocycles. The van der Waals surface area contributed by atoms with E-state index in [1.54, 1.807) is 36.7 Å². The van der Waals surface area contributed by atoms with Gasteiger partial charge in [-0.2, -0.15) is 0 Å². The Morgan fingerprint density at radius 2 is 1.91 bits per heavy atom. The second-order valence-corrected chi connectivity index (χ2v) is 4.57. The molecular weight excluding hydrogens is 280 g/mol. The van der Waals surface area contributed by atoms with Gasteiger partial charge in [0.15, 0.2) is 0 Å². The number of rotatable bonds is 5. The van der Waals surface area contributed by atoms with Crippen LogP contribution in [0.5, 0.6) is 0 Å². The number of aromatic nitrogens is 1. The second-order valence-electron chi connectivity index (χ2n) is 4.57. The quantitative estimate of drug-likeness (QED) is 0.791. The molecule has 1 heterocycles. The van der Waals surface area contributed by atoms with Gasteiger partial charge >= 0.3 is 6.03 Å². The van der Waals surface area contributed by atoms with Gasteiger partial charge in [-0.3, -0.25) is 9.78 Å². The highest BCUT2D eigenvalue weighted by atomic mass is 16.2. The van der Waals surface area contributed by atoms with E-state index in [4.69, 9.17) is 0 Å². The van der Waals surface area contributed by atoms with Crippen LogP contribution in [0, 0.1) is 0 Å². The van der Waals surface area contributed by atoms with Crippen molar-refractivity contribution < 1.29 is 9.59 Å². The van der Waals surface area contributed by atoms with Crippen molar-refractivity contribution in [2.24, 2.45) is 0 Å². The largest absolute Gasteiger partial charge is 0.348 e. The number of hydrogen-bond donors (Lipinski definition) is 3. The van der Waals surface area contributed by atoms with E-state index in [0.29, 0.717) is 24.3 Å². The number of para-hydroxylation sites is 1. The second kappa shape index (κ2) is 7.78. The van der Waals surface area contributed by atoms with Crippen LogP contribution in [-0.4, -0.2) is 23.5 Å². The summed E-state index contributed by atoms with van der Waals surface area (Å²) in [4.78, 5) is 27.9. The fourth-order valence-corrected chi connectivity index (χ4v) is 1.90. The summed E-state index contributed by atoms with van der Waals surface area (Å²) in [7, 11) is 0. The smallest absolute Gasteiger partial charge is 0.319 e. The molecule has 0 bridgehead atoms. The zero-order chi connectivity index (χ0) is 15.8. The minimum atomic E-state index is -0.338. The van der Waals surface area contributed by atoms with Crippen molar-refractivity contribution in [1.82, 2.24) is 15.6 Å². The third-order valence-corrected chi connectivity index (χ3v) is 2.93. The number of nitrogens with zero attached hydrogens (tertiary/aromatic N) is 1. The predicted octanol–water partition coefficient (Wildman–Crippen LogP) is 2.15. The van der Waals surface area contributed by atoms with E-state index < -0.39 is 0 Å². The SMILES string of the molecule is CCNC(=O)Nc1ccccc1C(=O)NCc1cccnc1. The first kappa shape index (κ1) is 15.5. The van der Waals surface area contributed by atoms with Gasteiger partial charge < -0.3 is 16.0 Å². The molecule has 0 saturated carbocycles. The Morgan fingerprint density at radius 1 is 1.09 bits per heavy atom. The van der Waals surface area contributed by atoms with E-state index in [1.165, 1.54) is 0 Å². The number of benzene rings is 1. The van der Waals surface area contributed by atoms with E-state index in [1.807, 2.05) is 19.1 Å². The number of pyridine rings is 1. The van der Waals surface area contributed by atoms with Gasteiger partial charge in [-0.05, 0) is 30.7 Å². The maximum absolute atomic E-state index is 12.3. The Kier molecular flexibility index (Phi) is 5.48. The lowest BCUT2D eigenvalue weighted by Gasteiger charge is -2.11. The molecule has 0 aliphatic rings. The van der Waals surface area contributed by atoms with E-state index >= 15 is 0 Å². The zero-order valence-electron chi connectivity index (χ0n) is 12.3. The fourth-order valence-electron chi connectivity index (χ4n) is 1.90. The molecule has 0 radical (unpaired) electrons. The minimum Gasteiger partial charge on any atom is -0.348 e. The van der Waals surface area contributed by atoms with Gasteiger partial charge in [0.2, 0.25) is 0 Å². The van der Waals surface area contributed by atoms with Gasteiger partial charge in [-0.15, -0.1) is 0 Å². The molecule has 114 valence electrons. The van der Waals surface area contributed by atoms with Crippen molar-refractivity contribution >= 4 is 17.6 Å². The fraction of sp³-hybridized carbons (Fsp3) is 0.188. The highest BCUT2D eigenvalue weighted by Crippen LogP contribution is 2.15. The molecule has 3 amide bonds. The first-order valence-electron chi connectivity index (χ1n) is 7.01. The molecule has 22 heavy (non-hydrogen) atoms. The molecule has 0 fully saturated rings. The van der Waals surface area contributed by atoms with Crippen molar-refractivity contribution in [3.05, 3.63) is 59.9 Å². The van der Waals surface area contributed by atoms with Crippen LogP contribution in [0.25, 0.3) is 0 Å². The molecule has 0 saturated heterocycles. The molecule has 0 spiro atoms. The molecule has 6 heteroatoms. The summed E-state index contributed by atoms with van der Waals surface area (Å²) >= 11 is 0. The van der Waals surface area contributed by atoms with Gasteiger partial charge in [-0.25, -0.2) is 4.79 Å². The summed E-state index contributed by atoms with van der Waals surface area (Å²) in [5, 5.41) is 8.11. The summed E-state index contributed by atoms with van der Waals surface area (Å²) in [6, 6.07) is 10.2. The Balaban J connectivity index is 2.04. The zero-order valence-corrected chi connectivity index (χ0v) is 12.3. The number of carbonyl (C=O) groups is 2. The number of urea groups is 1. The Bertz CT molecular complexity index is 644. The maximum atomic E-state index is 12.3. The maximum Gasteiger partial charge on any atom is 0.319 e. The molecule has 1 aromatic heterocycles. The topological polar surface area (TPSA) is 83.1 Å². The summed E-state index contributed by atoms with van der Waals surface area (Å²) in [5.74, 6) is -0.253. The molecule has 1 aromatic carbocycles. The summed E-state index contributed by atoms with van der Waals surface area (Å²) in [6.45, 7) is 2.72. The number of nitrogens with one attached hydrogen (secondary N) is 3. The third kappa shape index (κ3) is 4.31. The molecule has 2 rings (SSSR count). The van der Waals surface area contributed by atoms with Crippen LogP contribution >= 0.6 is 0 Å². The summed E-state index contributed by atoms with van der Waals surface area (Å²) in [6.07, 6.45) is 3.37. The minimum absolute atomic E-state index is 0.253. The van der Waals surface area contributed by atoms with Crippen LogP contribution in [-0.2, 0) is 6.54 Å². The molecule has 0 aliphatic carbocycles. The van der Waals surface area contributed by atoms with Gasteiger partial charge in [0, 0.05) is 25.5 Å². The third-order valence-electron chi connectivity index (χ3n) is 2.93. The number of anilines is 1. The van der Waals surface area contributed by atoms with E-state index in [0.717, 1.165) is 5.56 Å². The van der Waals surface area contributed by atoms with Crippen molar-refractivity contribution in [1.29, 1.82) is 0 Å². The van der Waals surface area contributed by atoms with Crippen molar-refractivity contribution in [3.63, 3.8) is 0 Å². The van der Waals surface area contributed by atoms with Gasteiger partial charge in [0.05, 0.1) is 11.3 Å². The van der Waals surface area contributed by atoms with Gasteiger partial charge in [0.25, 0.3) is 5.91 Å². The van der Waals surface area contributed by atoms with Crippen LogP contribution < -0.4 is 16.0 Å². The molecule has 0 atom stereocenters. The Morgan fingerprint density at radius 3 is 2.64 bits per heavy atom. The van der Waals surface area contributed by atoms with Gasteiger partial charge in [0.1, 0.15) is 0 Å². The van der Waals surface area contributed by atoms with Crippen LogP contribution in [0.1, 0.15) is 22.8 Å². The normalized spacial score (nSPS) is 9.86. The standard InChI is InChI=1S/C16H18N4O2/c1-2-18-16(22)20-14-8-4-3-7-13(14)15(21)19-11-12-6-5-9-17-10-12/h3-10H,2,11H2,1H3,(H,19,21)(H2,18,20,22). The molecule has 3 N–H and O–H groups in total. The van der Waals surface area contributed by atoms with Crippen molar-refractivity contribution in [2.45, 2.75) is 13.5 Å². The molecule has 2 aromatic rings. The van der Waals surface area contributed by atoms with Crippen LogP contribution in [0.2, 0.25) is 0 Å². The van der Waals surface area contributed by atoms with E-state index in [9.17, 15) is 9.59 Å². The predicted molar refractivity (Wildman–Crippen MR) is 84.5 cm³/mol. The van der Waals surface area contributed by atoms with Crippen LogP contribution in [0.3, 0.4) is 0 Å². The Labute approximate surface area is 129 Å². The van der Waals surface area contributed by atoms with E-state index in [2.05, 4.69) is 20.9 Å². The Hall–Kier alpha value is -2.89. The lowest BCUT2D eigenvalue weighted by molar-refractivity contribution is 0.0952. The average molecular weight is 298 g/mol. The number of hydrogen-bond acceptors (Lipinski definition) is 3. The molecular formula is C16H18N4O2. The summed E-state index contributed by atoms with van der Waals surface area (Å²) in [5.41, 5.74) is 1.79. The first-order chi connectivity index (χ1) is 10.7. The first-order valence-corrected chi connectivity index (χ1v) is 7.01.